The van der Waals surface area contributed by atoms with E-state index >= 15 is 0 Å². The van der Waals surface area contributed by atoms with Crippen LogP contribution in [-0.4, -0.2) is 33.7 Å². The number of benzene rings is 1. The number of nitrogens with one attached hydrogen (secondary N) is 1. The van der Waals surface area contributed by atoms with Gasteiger partial charge in [0.25, 0.3) is 11.6 Å². The zero-order valence-corrected chi connectivity index (χ0v) is 10.6. The minimum atomic E-state index is -0.620. The van der Waals surface area contributed by atoms with Crippen molar-refractivity contribution in [2.45, 2.75) is 31.3 Å². The topological polar surface area (TPSA) is 92.5 Å². The van der Waals surface area contributed by atoms with Crippen LogP contribution in [0.2, 0.25) is 0 Å². The van der Waals surface area contributed by atoms with Crippen molar-refractivity contribution in [3.63, 3.8) is 0 Å². The van der Waals surface area contributed by atoms with Crippen LogP contribution in [0.15, 0.2) is 24.3 Å². The Labute approximate surface area is 114 Å². The Morgan fingerprint density at radius 3 is 2.70 bits per heavy atom. The van der Waals surface area contributed by atoms with E-state index < -0.39 is 11.0 Å². The Bertz CT molecular complexity index is 597. The lowest BCUT2D eigenvalue weighted by molar-refractivity contribution is -0.384. The van der Waals surface area contributed by atoms with Crippen LogP contribution in [0.1, 0.15) is 19.3 Å². The Morgan fingerprint density at radius 2 is 2.05 bits per heavy atom. The minimum Gasteiger partial charge on any atom is -0.373 e. The van der Waals surface area contributed by atoms with Crippen molar-refractivity contribution in [3.8, 4) is 0 Å². The summed E-state index contributed by atoms with van der Waals surface area (Å²) in [7, 11) is 0. The van der Waals surface area contributed by atoms with E-state index in [1.165, 1.54) is 17.0 Å². The van der Waals surface area contributed by atoms with Gasteiger partial charge in [-0.2, -0.15) is 0 Å². The van der Waals surface area contributed by atoms with Crippen LogP contribution in [0, 0.1) is 10.1 Å². The number of nitrogens with zero attached hydrogens (tertiary/aromatic N) is 2. The number of non-ortho nitro benzene ring substituents is 1. The number of imide groups is 1. The molecule has 1 aromatic carbocycles. The van der Waals surface area contributed by atoms with Gasteiger partial charge in [-0.3, -0.25) is 24.6 Å². The molecular weight excluding hydrogens is 262 g/mol. The van der Waals surface area contributed by atoms with E-state index in [4.69, 9.17) is 0 Å². The van der Waals surface area contributed by atoms with Gasteiger partial charge in [-0.15, -0.1) is 0 Å². The van der Waals surface area contributed by atoms with E-state index in [0.29, 0.717) is 5.69 Å². The van der Waals surface area contributed by atoms with E-state index in [0.717, 1.165) is 12.8 Å². The zero-order valence-electron chi connectivity index (χ0n) is 10.6. The van der Waals surface area contributed by atoms with E-state index in [-0.39, 0.29) is 30.0 Å². The molecule has 1 aliphatic heterocycles. The van der Waals surface area contributed by atoms with Gasteiger partial charge in [0.15, 0.2) is 0 Å². The number of hydrogen-bond acceptors (Lipinski definition) is 5. The van der Waals surface area contributed by atoms with Crippen LogP contribution >= 0.6 is 0 Å². The van der Waals surface area contributed by atoms with Crippen LogP contribution in [-0.2, 0) is 9.59 Å². The summed E-state index contributed by atoms with van der Waals surface area (Å²) >= 11 is 0. The molecule has 2 aliphatic rings. The molecule has 2 fully saturated rings. The third kappa shape index (κ3) is 2.22. The minimum absolute atomic E-state index is 0.0502. The third-order valence-corrected chi connectivity index (χ3v) is 3.49. The van der Waals surface area contributed by atoms with Gasteiger partial charge in [-0.05, 0) is 18.9 Å². The van der Waals surface area contributed by atoms with Gasteiger partial charge < -0.3 is 5.32 Å². The van der Waals surface area contributed by atoms with Gasteiger partial charge in [-0.25, -0.2) is 0 Å². The molecule has 1 aliphatic carbocycles. The van der Waals surface area contributed by atoms with Gasteiger partial charge in [0.2, 0.25) is 5.91 Å². The van der Waals surface area contributed by atoms with Crippen molar-refractivity contribution < 1.29 is 14.5 Å². The number of nitro groups is 1. The monoisotopic (exact) mass is 275 g/mol. The van der Waals surface area contributed by atoms with E-state index in [2.05, 4.69) is 5.32 Å². The summed E-state index contributed by atoms with van der Waals surface area (Å²) in [6, 6.07) is 5.36. The molecule has 1 saturated carbocycles. The van der Waals surface area contributed by atoms with Crippen LogP contribution < -0.4 is 5.32 Å². The smallest absolute Gasteiger partial charge is 0.271 e. The molecule has 3 rings (SSSR count). The second-order valence-electron chi connectivity index (χ2n) is 5.04. The molecule has 0 radical (unpaired) electrons. The van der Waals surface area contributed by atoms with E-state index in [9.17, 15) is 19.7 Å². The highest BCUT2D eigenvalue weighted by atomic mass is 16.6. The first-order chi connectivity index (χ1) is 9.56. The van der Waals surface area contributed by atoms with Gasteiger partial charge in [-0.1, -0.05) is 6.07 Å². The summed E-state index contributed by atoms with van der Waals surface area (Å²) in [5, 5.41) is 13.6. The Morgan fingerprint density at radius 1 is 1.30 bits per heavy atom. The molecule has 0 aromatic heterocycles. The number of nitro benzene ring substituents is 1. The van der Waals surface area contributed by atoms with Gasteiger partial charge in [0, 0.05) is 23.9 Å². The summed E-state index contributed by atoms with van der Waals surface area (Å²) in [5.41, 5.74) is 0.425. The predicted molar refractivity (Wildman–Crippen MR) is 70.0 cm³/mol. The van der Waals surface area contributed by atoms with Crippen molar-refractivity contribution in [1.82, 2.24) is 4.90 Å². The fourth-order valence-corrected chi connectivity index (χ4v) is 2.39. The molecule has 7 nitrogen and oxygen atoms in total. The number of hydrogen-bond donors (Lipinski definition) is 1. The van der Waals surface area contributed by atoms with Crippen molar-refractivity contribution in [1.29, 1.82) is 0 Å². The summed E-state index contributed by atoms with van der Waals surface area (Å²) in [4.78, 5) is 35.5. The highest BCUT2D eigenvalue weighted by Gasteiger charge is 2.46. The molecule has 1 N–H and O–H groups in total. The highest BCUT2D eigenvalue weighted by Crippen LogP contribution is 2.32. The number of amides is 2. The molecule has 104 valence electrons. The number of carbonyl (C=O) groups is 2. The average molecular weight is 275 g/mol. The Kier molecular flexibility index (Phi) is 2.89. The summed E-state index contributed by atoms with van der Waals surface area (Å²) in [5.74, 6) is -0.399. The third-order valence-electron chi connectivity index (χ3n) is 3.49. The van der Waals surface area contributed by atoms with Crippen LogP contribution in [0.3, 0.4) is 0 Å². The fraction of sp³-hybridized carbons (Fsp3) is 0.385. The lowest BCUT2D eigenvalue weighted by Gasteiger charge is -2.15. The van der Waals surface area contributed by atoms with Crippen LogP contribution in [0.5, 0.6) is 0 Å². The molecule has 1 saturated heterocycles. The van der Waals surface area contributed by atoms with Crippen LogP contribution in [0.25, 0.3) is 0 Å². The highest BCUT2D eigenvalue weighted by molar-refractivity contribution is 6.07. The van der Waals surface area contributed by atoms with E-state index in [1.54, 1.807) is 12.1 Å². The quantitative estimate of drug-likeness (QED) is 0.508. The van der Waals surface area contributed by atoms with Crippen molar-refractivity contribution in [3.05, 3.63) is 34.4 Å². The number of rotatable bonds is 4. The lowest BCUT2D eigenvalue weighted by atomic mass is 10.2. The van der Waals surface area contributed by atoms with Gasteiger partial charge in [0.05, 0.1) is 11.3 Å². The zero-order chi connectivity index (χ0) is 14.3. The van der Waals surface area contributed by atoms with E-state index in [1.807, 2.05) is 0 Å². The Hall–Kier alpha value is -2.44. The SMILES string of the molecule is O=C1CC(Nc2cccc([N+](=O)[O-])c2)C(=O)N1C1CC1. The fourth-order valence-electron chi connectivity index (χ4n) is 2.39. The first-order valence-electron chi connectivity index (χ1n) is 6.43. The largest absolute Gasteiger partial charge is 0.373 e. The number of anilines is 1. The maximum absolute atomic E-state index is 12.1. The summed E-state index contributed by atoms with van der Waals surface area (Å²) in [6.07, 6.45) is 1.86. The first-order valence-corrected chi connectivity index (χ1v) is 6.43. The molecule has 0 bridgehead atoms. The van der Waals surface area contributed by atoms with Crippen molar-refractivity contribution in [2.24, 2.45) is 0 Å². The molecule has 1 aromatic rings. The molecule has 1 unspecified atom stereocenters. The lowest BCUT2D eigenvalue weighted by Crippen LogP contribution is -2.36. The average Bonchev–Trinajstić information content (AvgIpc) is 3.19. The molecule has 1 heterocycles. The second-order valence-corrected chi connectivity index (χ2v) is 5.04. The first kappa shape index (κ1) is 12.6. The van der Waals surface area contributed by atoms with Gasteiger partial charge in [0.1, 0.15) is 6.04 Å². The molecule has 0 spiro atoms. The maximum Gasteiger partial charge on any atom is 0.271 e. The predicted octanol–water partition coefficient (Wildman–Crippen LogP) is 1.30. The second kappa shape index (κ2) is 4.59. The standard InChI is InChI=1S/C13H13N3O4/c17-12-7-11(13(18)15(12)9-4-5-9)14-8-2-1-3-10(6-8)16(19)20/h1-3,6,9,11,14H,4-5,7H2. The Balaban J connectivity index is 1.75. The van der Waals surface area contributed by atoms with Crippen LogP contribution in [0.4, 0.5) is 11.4 Å². The molecule has 1 atom stereocenters. The number of carbonyl (C=O) groups excluding carboxylic acids is 2. The molecule has 2 amide bonds. The van der Waals surface area contributed by atoms with Crippen molar-refractivity contribution in [2.75, 3.05) is 5.32 Å². The summed E-state index contributed by atoms with van der Waals surface area (Å²) < 4.78 is 0. The molecule has 20 heavy (non-hydrogen) atoms. The van der Waals surface area contributed by atoms with Crippen molar-refractivity contribution >= 4 is 23.2 Å². The number of likely N-dealkylation sites (tertiary alicyclic amines) is 1. The molecular formula is C13H13N3O4. The normalized spacial score (nSPS) is 22.2. The maximum atomic E-state index is 12.1. The summed E-state index contributed by atoms with van der Waals surface area (Å²) in [6.45, 7) is 0. The molecule has 7 heteroatoms. The van der Waals surface area contributed by atoms with Gasteiger partial charge >= 0.3 is 0 Å².